The molecule has 1 aromatic carbocycles. The van der Waals surface area contributed by atoms with Crippen LogP contribution in [0.15, 0.2) is 24.3 Å². The van der Waals surface area contributed by atoms with Gasteiger partial charge in [0.2, 0.25) is 0 Å². The van der Waals surface area contributed by atoms with Gasteiger partial charge < -0.3 is 10.2 Å². The van der Waals surface area contributed by atoms with Crippen molar-refractivity contribution < 1.29 is 4.39 Å². The van der Waals surface area contributed by atoms with Crippen LogP contribution in [0.5, 0.6) is 0 Å². The maximum atomic E-state index is 13.1. The van der Waals surface area contributed by atoms with Crippen molar-refractivity contribution in [1.82, 2.24) is 10.2 Å². The summed E-state index contributed by atoms with van der Waals surface area (Å²) in [5.41, 5.74) is 1.15. The highest BCUT2D eigenvalue weighted by Gasteiger charge is 2.37. The molecule has 0 radical (unpaired) electrons. The quantitative estimate of drug-likeness (QED) is 0.901. The topological polar surface area (TPSA) is 18.5 Å². The fourth-order valence-electron chi connectivity index (χ4n) is 2.95. The van der Waals surface area contributed by atoms with Crippen molar-refractivity contribution in [3.8, 4) is 0 Å². The molecule has 1 aromatic rings. The Bertz CT molecular complexity index is 416. The van der Waals surface area contributed by atoms with E-state index in [2.05, 4.69) is 36.0 Å². The van der Waals surface area contributed by atoms with Crippen LogP contribution in [-0.4, -0.2) is 50.2 Å². The predicted molar refractivity (Wildman–Crippen MR) is 78.2 cm³/mol. The number of nitrogens with one attached hydrogen (secondary N) is 1. The monoisotopic (exact) mass is 265 g/mol. The van der Waals surface area contributed by atoms with Gasteiger partial charge in [-0.25, -0.2) is 4.39 Å². The van der Waals surface area contributed by atoms with E-state index in [0.717, 1.165) is 25.3 Å². The Hall–Kier alpha value is -1.13. The number of halogens is 1. The molecule has 106 valence electrons. The molecule has 1 atom stereocenters. The average molecular weight is 265 g/mol. The normalized spacial score (nSPS) is 23.6. The second-order valence-electron chi connectivity index (χ2n) is 6.03. The van der Waals surface area contributed by atoms with Crippen molar-refractivity contribution in [3.05, 3.63) is 30.1 Å². The first-order chi connectivity index (χ1) is 8.94. The molecule has 1 saturated heterocycles. The highest BCUT2D eigenvalue weighted by molar-refractivity contribution is 5.50. The van der Waals surface area contributed by atoms with Crippen LogP contribution in [0.25, 0.3) is 0 Å². The maximum absolute atomic E-state index is 13.1. The maximum Gasteiger partial charge on any atom is 0.123 e. The third-order valence-electron chi connectivity index (χ3n) is 3.96. The molecule has 0 spiro atoms. The van der Waals surface area contributed by atoms with E-state index >= 15 is 0 Å². The number of benzene rings is 1. The first-order valence-corrected chi connectivity index (χ1v) is 6.82. The molecule has 0 bridgehead atoms. The van der Waals surface area contributed by atoms with Gasteiger partial charge in [0.1, 0.15) is 5.82 Å². The Morgan fingerprint density at radius 1 is 1.32 bits per heavy atom. The summed E-state index contributed by atoms with van der Waals surface area (Å²) in [7, 11) is 4.15. The van der Waals surface area contributed by atoms with Crippen LogP contribution in [0.3, 0.4) is 0 Å². The number of anilines is 1. The average Bonchev–Trinajstić information content (AvgIpc) is 2.33. The summed E-state index contributed by atoms with van der Waals surface area (Å²) in [5, 5.41) is 3.25. The molecular weight excluding hydrogens is 241 g/mol. The summed E-state index contributed by atoms with van der Waals surface area (Å²) in [6.45, 7) is 7.39. The fourth-order valence-corrected chi connectivity index (χ4v) is 2.95. The molecule has 1 aliphatic rings. The Morgan fingerprint density at radius 2 is 1.95 bits per heavy atom. The summed E-state index contributed by atoms with van der Waals surface area (Å²) < 4.78 is 13.1. The summed E-state index contributed by atoms with van der Waals surface area (Å²) >= 11 is 0. The largest absolute Gasteiger partial charge is 0.363 e. The molecule has 0 amide bonds. The summed E-state index contributed by atoms with van der Waals surface area (Å²) in [4.78, 5) is 4.78. The minimum atomic E-state index is -0.178. The molecule has 1 aliphatic heterocycles. The lowest BCUT2D eigenvalue weighted by Crippen LogP contribution is -2.64. The van der Waals surface area contributed by atoms with Crippen LogP contribution < -0.4 is 10.2 Å². The number of rotatable bonds is 3. The first kappa shape index (κ1) is 14.3. The van der Waals surface area contributed by atoms with Crippen LogP contribution in [0.2, 0.25) is 0 Å². The van der Waals surface area contributed by atoms with Crippen molar-refractivity contribution in [1.29, 1.82) is 0 Å². The molecule has 4 heteroatoms. The van der Waals surface area contributed by atoms with Gasteiger partial charge in [-0.05, 0) is 52.2 Å². The van der Waals surface area contributed by atoms with Crippen molar-refractivity contribution in [2.75, 3.05) is 38.6 Å². The molecule has 19 heavy (non-hydrogen) atoms. The molecular formula is C15H24FN3. The van der Waals surface area contributed by atoms with Crippen LogP contribution >= 0.6 is 0 Å². The van der Waals surface area contributed by atoms with Crippen molar-refractivity contribution in [3.63, 3.8) is 0 Å². The van der Waals surface area contributed by atoms with Gasteiger partial charge in [0.25, 0.3) is 0 Å². The lowest BCUT2D eigenvalue weighted by atomic mass is 9.95. The summed E-state index contributed by atoms with van der Waals surface area (Å²) in [6.07, 6.45) is 0. The van der Waals surface area contributed by atoms with E-state index in [4.69, 9.17) is 0 Å². The second-order valence-corrected chi connectivity index (χ2v) is 6.03. The van der Waals surface area contributed by atoms with E-state index in [1.54, 1.807) is 0 Å². The van der Waals surface area contributed by atoms with Gasteiger partial charge in [-0.15, -0.1) is 0 Å². The van der Waals surface area contributed by atoms with Crippen molar-refractivity contribution in [2.24, 2.45) is 0 Å². The number of piperazine rings is 1. The van der Waals surface area contributed by atoms with E-state index in [0.29, 0.717) is 6.04 Å². The molecule has 2 rings (SSSR count). The molecule has 0 aromatic heterocycles. The molecule has 3 nitrogen and oxygen atoms in total. The Morgan fingerprint density at radius 3 is 2.53 bits per heavy atom. The summed E-state index contributed by atoms with van der Waals surface area (Å²) in [6, 6.07) is 7.30. The number of likely N-dealkylation sites (N-methyl/N-ethyl adjacent to an activating group) is 2. The highest BCUT2D eigenvalue weighted by Crippen LogP contribution is 2.29. The highest BCUT2D eigenvalue weighted by atomic mass is 19.1. The lowest BCUT2D eigenvalue weighted by molar-refractivity contribution is 0.150. The molecule has 0 saturated carbocycles. The minimum Gasteiger partial charge on any atom is -0.363 e. The number of hydrogen-bond acceptors (Lipinski definition) is 3. The molecule has 0 aliphatic carbocycles. The Labute approximate surface area is 115 Å². The lowest BCUT2D eigenvalue weighted by Gasteiger charge is -2.51. The van der Waals surface area contributed by atoms with Crippen molar-refractivity contribution in [2.45, 2.75) is 25.4 Å². The molecule has 1 heterocycles. The zero-order valence-corrected chi connectivity index (χ0v) is 12.3. The summed E-state index contributed by atoms with van der Waals surface area (Å²) in [5.74, 6) is -0.178. The minimum absolute atomic E-state index is 0.0524. The standard InChI is InChI=1S/C15H24FN3/c1-15(2)11-18(4)14(9-17-3)10-19(15)13-7-5-12(16)6-8-13/h5-8,14,17H,9-11H2,1-4H3. The second kappa shape index (κ2) is 5.47. The van der Waals surface area contributed by atoms with Crippen LogP contribution in [0.1, 0.15) is 13.8 Å². The molecule has 1 N–H and O–H groups in total. The zero-order chi connectivity index (χ0) is 14.0. The van der Waals surface area contributed by atoms with Gasteiger partial charge >= 0.3 is 0 Å². The first-order valence-electron chi connectivity index (χ1n) is 6.82. The smallest absolute Gasteiger partial charge is 0.123 e. The molecule has 1 unspecified atom stereocenters. The Balaban J connectivity index is 2.23. The SMILES string of the molecule is CNCC1CN(c2ccc(F)cc2)C(C)(C)CN1C. The van der Waals surface area contributed by atoms with E-state index in [-0.39, 0.29) is 11.4 Å². The van der Waals surface area contributed by atoms with Gasteiger partial charge in [0.15, 0.2) is 0 Å². The number of hydrogen-bond donors (Lipinski definition) is 1. The Kier molecular flexibility index (Phi) is 4.11. The van der Waals surface area contributed by atoms with Crippen LogP contribution in [-0.2, 0) is 0 Å². The molecule has 1 fully saturated rings. The van der Waals surface area contributed by atoms with Gasteiger partial charge in [0, 0.05) is 36.9 Å². The van der Waals surface area contributed by atoms with Crippen LogP contribution in [0, 0.1) is 5.82 Å². The number of nitrogens with zero attached hydrogens (tertiary/aromatic N) is 2. The fraction of sp³-hybridized carbons (Fsp3) is 0.600. The van der Waals surface area contributed by atoms with Gasteiger partial charge in [0.05, 0.1) is 0 Å². The van der Waals surface area contributed by atoms with E-state index in [9.17, 15) is 4.39 Å². The third-order valence-corrected chi connectivity index (χ3v) is 3.96. The third kappa shape index (κ3) is 3.07. The van der Waals surface area contributed by atoms with E-state index in [1.807, 2.05) is 19.2 Å². The predicted octanol–water partition coefficient (Wildman–Crippen LogP) is 1.94. The van der Waals surface area contributed by atoms with E-state index in [1.165, 1.54) is 12.1 Å². The van der Waals surface area contributed by atoms with E-state index < -0.39 is 0 Å². The van der Waals surface area contributed by atoms with Gasteiger partial charge in [-0.3, -0.25) is 4.90 Å². The van der Waals surface area contributed by atoms with Crippen LogP contribution in [0.4, 0.5) is 10.1 Å². The van der Waals surface area contributed by atoms with Crippen molar-refractivity contribution >= 4 is 5.69 Å². The zero-order valence-electron chi connectivity index (χ0n) is 12.3. The van der Waals surface area contributed by atoms with Gasteiger partial charge in [-0.2, -0.15) is 0 Å². The van der Waals surface area contributed by atoms with Gasteiger partial charge in [-0.1, -0.05) is 0 Å².